The highest BCUT2D eigenvalue weighted by atomic mass is 16.6. The van der Waals surface area contributed by atoms with Crippen LogP contribution in [0.1, 0.15) is 11.1 Å². The van der Waals surface area contributed by atoms with Crippen LogP contribution < -0.4 is 15.2 Å². The Hall–Kier alpha value is -1.52. The normalized spacial score (nSPS) is 14.2. The van der Waals surface area contributed by atoms with Gasteiger partial charge in [-0.05, 0) is 0 Å². The molecular weight excluding hydrogens is 218 g/mol. The van der Waals surface area contributed by atoms with Crippen molar-refractivity contribution >= 4 is 6.08 Å². The van der Waals surface area contributed by atoms with Gasteiger partial charge in [0.15, 0.2) is 11.5 Å². The molecule has 1 aliphatic rings. The summed E-state index contributed by atoms with van der Waals surface area (Å²) >= 11 is 0. The Bertz CT molecular complexity index is 415. The largest absolute Gasteiger partial charge is 0.486 e. The van der Waals surface area contributed by atoms with Gasteiger partial charge in [0.2, 0.25) is 0 Å². The van der Waals surface area contributed by atoms with Crippen LogP contribution in [0, 0.1) is 0 Å². The molecule has 0 unspecified atom stereocenters. The Labute approximate surface area is 101 Å². The first-order chi connectivity index (χ1) is 8.36. The predicted octanol–water partition coefficient (Wildman–Crippen LogP) is 1.58. The minimum Gasteiger partial charge on any atom is -0.486 e. The topological polar surface area (TPSA) is 53.7 Å². The van der Waals surface area contributed by atoms with Crippen LogP contribution in [-0.2, 0) is 11.3 Å². The molecule has 1 aliphatic heterocycles. The molecule has 4 nitrogen and oxygen atoms in total. The summed E-state index contributed by atoms with van der Waals surface area (Å²) in [6.45, 7) is 2.18. The molecule has 0 spiro atoms. The van der Waals surface area contributed by atoms with Gasteiger partial charge < -0.3 is 19.9 Å². The summed E-state index contributed by atoms with van der Waals surface area (Å²) in [5.41, 5.74) is 7.45. The molecule has 0 aliphatic carbocycles. The van der Waals surface area contributed by atoms with Crippen molar-refractivity contribution in [3.63, 3.8) is 0 Å². The van der Waals surface area contributed by atoms with Gasteiger partial charge in [0.1, 0.15) is 13.2 Å². The second-order valence-electron chi connectivity index (χ2n) is 3.74. The van der Waals surface area contributed by atoms with Gasteiger partial charge in [0.05, 0.1) is 6.61 Å². The van der Waals surface area contributed by atoms with E-state index in [1.165, 1.54) is 0 Å². The molecule has 92 valence electrons. The second kappa shape index (κ2) is 5.70. The second-order valence-corrected chi connectivity index (χ2v) is 3.74. The molecule has 2 N–H and O–H groups in total. The van der Waals surface area contributed by atoms with E-state index in [-0.39, 0.29) is 0 Å². The number of hydrogen-bond acceptors (Lipinski definition) is 4. The lowest BCUT2D eigenvalue weighted by atomic mass is 10.1. The number of benzene rings is 1. The van der Waals surface area contributed by atoms with Crippen LogP contribution in [0.25, 0.3) is 6.08 Å². The number of methoxy groups -OCH3 is 1. The van der Waals surface area contributed by atoms with E-state index in [9.17, 15) is 0 Å². The molecule has 0 fully saturated rings. The lowest BCUT2D eigenvalue weighted by Crippen LogP contribution is -2.17. The summed E-state index contributed by atoms with van der Waals surface area (Å²) < 4.78 is 16.5. The zero-order valence-corrected chi connectivity index (χ0v) is 9.94. The van der Waals surface area contributed by atoms with Crippen molar-refractivity contribution in [2.75, 3.05) is 26.9 Å². The van der Waals surface area contributed by atoms with Crippen molar-refractivity contribution in [3.8, 4) is 11.5 Å². The standard InChI is InChI=1S/C13H17NO3/c1-15-9-11-5-4-10(3-2-6-14)12-13(11)17-8-7-16-12/h2-5H,6-9,14H2,1H3/b3-2+. The molecule has 1 aromatic carbocycles. The number of nitrogens with two attached hydrogens (primary N) is 1. The molecule has 4 heteroatoms. The fourth-order valence-corrected chi connectivity index (χ4v) is 1.81. The molecule has 0 amide bonds. The smallest absolute Gasteiger partial charge is 0.168 e. The van der Waals surface area contributed by atoms with Crippen molar-refractivity contribution < 1.29 is 14.2 Å². The van der Waals surface area contributed by atoms with Gasteiger partial charge in [0, 0.05) is 24.8 Å². The molecular formula is C13H17NO3. The number of ether oxygens (including phenoxy) is 3. The minimum absolute atomic E-state index is 0.509. The van der Waals surface area contributed by atoms with Crippen LogP contribution in [0.5, 0.6) is 11.5 Å². The molecule has 0 atom stereocenters. The summed E-state index contributed by atoms with van der Waals surface area (Å²) in [6, 6.07) is 3.99. The van der Waals surface area contributed by atoms with Crippen LogP contribution in [0.15, 0.2) is 18.2 Å². The Morgan fingerprint density at radius 1 is 1.29 bits per heavy atom. The quantitative estimate of drug-likeness (QED) is 0.860. The molecule has 0 bridgehead atoms. The van der Waals surface area contributed by atoms with Crippen LogP contribution >= 0.6 is 0 Å². The summed E-state index contributed by atoms with van der Waals surface area (Å²) in [4.78, 5) is 0. The first-order valence-corrected chi connectivity index (χ1v) is 5.64. The maximum atomic E-state index is 5.67. The summed E-state index contributed by atoms with van der Waals surface area (Å²) in [7, 11) is 1.66. The third-order valence-electron chi connectivity index (χ3n) is 2.53. The zero-order chi connectivity index (χ0) is 12.1. The number of rotatable bonds is 4. The maximum Gasteiger partial charge on any atom is 0.168 e. The van der Waals surface area contributed by atoms with E-state index in [0.717, 1.165) is 22.6 Å². The lowest BCUT2D eigenvalue weighted by Gasteiger charge is -2.22. The van der Waals surface area contributed by atoms with E-state index < -0.39 is 0 Å². The molecule has 17 heavy (non-hydrogen) atoms. The Morgan fingerprint density at radius 2 is 2.06 bits per heavy atom. The van der Waals surface area contributed by atoms with Crippen molar-refractivity contribution in [1.82, 2.24) is 0 Å². The van der Waals surface area contributed by atoms with Crippen molar-refractivity contribution in [2.45, 2.75) is 6.61 Å². The van der Waals surface area contributed by atoms with E-state index in [1.807, 2.05) is 24.3 Å². The predicted molar refractivity (Wildman–Crippen MR) is 66.2 cm³/mol. The highest BCUT2D eigenvalue weighted by molar-refractivity contribution is 5.65. The molecule has 0 saturated carbocycles. The van der Waals surface area contributed by atoms with Crippen LogP contribution in [0.3, 0.4) is 0 Å². The first kappa shape index (κ1) is 12.0. The molecule has 0 saturated heterocycles. The first-order valence-electron chi connectivity index (χ1n) is 5.64. The Kier molecular flexibility index (Phi) is 4.01. The molecule has 0 aromatic heterocycles. The molecule has 1 aromatic rings. The number of fused-ring (bicyclic) bond motifs is 1. The highest BCUT2D eigenvalue weighted by Crippen LogP contribution is 2.38. The van der Waals surface area contributed by atoms with E-state index in [4.69, 9.17) is 19.9 Å². The van der Waals surface area contributed by atoms with Gasteiger partial charge in [0.25, 0.3) is 0 Å². The Morgan fingerprint density at radius 3 is 2.76 bits per heavy atom. The summed E-state index contributed by atoms with van der Waals surface area (Å²) in [6.07, 6.45) is 3.84. The third-order valence-corrected chi connectivity index (χ3v) is 2.53. The summed E-state index contributed by atoms with van der Waals surface area (Å²) in [5.74, 6) is 1.58. The van der Waals surface area contributed by atoms with Gasteiger partial charge in [-0.15, -0.1) is 0 Å². The van der Waals surface area contributed by atoms with E-state index >= 15 is 0 Å². The SMILES string of the molecule is COCc1ccc(/C=C/CN)c2c1OCCO2. The third kappa shape index (κ3) is 2.60. The monoisotopic (exact) mass is 235 g/mol. The van der Waals surface area contributed by atoms with Gasteiger partial charge in [-0.25, -0.2) is 0 Å². The van der Waals surface area contributed by atoms with Crippen molar-refractivity contribution in [3.05, 3.63) is 29.3 Å². The van der Waals surface area contributed by atoms with Gasteiger partial charge in [-0.1, -0.05) is 24.3 Å². The average Bonchev–Trinajstić information content (AvgIpc) is 2.38. The van der Waals surface area contributed by atoms with E-state index in [1.54, 1.807) is 7.11 Å². The van der Waals surface area contributed by atoms with Crippen LogP contribution in [-0.4, -0.2) is 26.9 Å². The fraction of sp³-hybridized carbons (Fsp3) is 0.385. The molecule has 1 heterocycles. The van der Waals surface area contributed by atoms with Gasteiger partial charge in [-0.3, -0.25) is 0 Å². The summed E-state index contributed by atoms with van der Waals surface area (Å²) in [5, 5.41) is 0. The van der Waals surface area contributed by atoms with Gasteiger partial charge >= 0.3 is 0 Å². The highest BCUT2D eigenvalue weighted by Gasteiger charge is 2.18. The van der Waals surface area contributed by atoms with E-state index in [2.05, 4.69) is 0 Å². The molecule has 2 rings (SSSR count). The van der Waals surface area contributed by atoms with Crippen molar-refractivity contribution in [1.29, 1.82) is 0 Å². The average molecular weight is 235 g/mol. The van der Waals surface area contributed by atoms with Crippen molar-refractivity contribution in [2.24, 2.45) is 5.73 Å². The Balaban J connectivity index is 2.39. The number of hydrogen-bond donors (Lipinski definition) is 1. The molecule has 0 radical (unpaired) electrons. The zero-order valence-electron chi connectivity index (χ0n) is 9.94. The van der Waals surface area contributed by atoms with Gasteiger partial charge in [-0.2, -0.15) is 0 Å². The maximum absolute atomic E-state index is 5.67. The van der Waals surface area contributed by atoms with Crippen LogP contribution in [0.4, 0.5) is 0 Å². The minimum atomic E-state index is 0.509. The van der Waals surface area contributed by atoms with E-state index in [0.29, 0.717) is 26.4 Å². The van der Waals surface area contributed by atoms with Crippen LogP contribution in [0.2, 0.25) is 0 Å². The fourth-order valence-electron chi connectivity index (χ4n) is 1.81. The lowest BCUT2D eigenvalue weighted by molar-refractivity contribution is 0.153.